The number of aromatic hydroxyl groups is 1. The van der Waals surface area contributed by atoms with Gasteiger partial charge >= 0.3 is 0 Å². The van der Waals surface area contributed by atoms with Crippen molar-refractivity contribution in [2.24, 2.45) is 0 Å². The molecule has 1 aliphatic rings. The second kappa shape index (κ2) is 6.60. The second-order valence-electron chi connectivity index (χ2n) is 5.66. The minimum absolute atomic E-state index is 0.0396. The minimum Gasteiger partial charge on any atom is -0.508 e. The van der Waals surface area contributed by atoms with Crippen molar-refractivity contribution >= 4 is 17.5 Å². The van der Waals surface area contributed by atoms with Crippen molar-refractivity contribution in [2.75, 3.05) is 26.2 Å². The molecule has 0 radical (unpaired) electrons. The summed E-state index contributed by atoms with van der Waals surface area (Å²) >= 11 is 6.06. The summed E-state index contributed by atoms with van der Waals surface area (Å²) < 4.78 is 5.07. The summed E-state index contributed by atoms with van der Waals surface area (Å²) in [7, 11) is 0. The average Bonchev–Trinajstić information content (AvgIpc) is 2.95. The molecule has 0 spiro atoms. The number of nitrogens with zero attached hydrogens (tertiary/aromatic N) is 3. The number of aryl methyl sites for hydroxylation is 1. The van der Waals surface area contributed by atoms with Gasteiger partial charge in [0.15, 0.2) is 0 Å². The molecule has 2 aromatic rings. The van der Waals surface area contributed by atoms with Gasteiger partial charge in [-0.15, -0.1) is 0 Å². The van der Waals surface area contributed by atoms with Gasteiger partial charge in [0.2, 0.25) is 0 Å². The van der Waals surface area contributed by atoms with E-state index in [0.29, 0.717) is 30.2 Å². The number of hydrogen-bond donors (Lipinski definition) is 1. The Morgan fingerprint density at radius 1 is 1.30 bits per heavy atom. The van der Waals surface area contributed by atoms with Crippen LogP contribution in [0.15, 0.2) is 28.8 Å². The highest BCUT2D eigenvalue weighted by Gasteiger charge is 2.24. The predicted octanol–water partition coefficient (Wildman–Crippen LogP) is 2.30. The number of piperazine rings is 1. The molecule has 7 heteroatoms. The van der Waals surface area contributed by atoms with Crippen LogP contribution in [0.5, 0.6) is 5.75 Å². The summed E-state index contributed by atoms with van der Waals surface area (Å²) in [5.74, 6) is 0.688. The number of aromatic nitrogens is 1. The minimum atomic E-state index is -0.150. The van der Waals surface area contributed by atoms with Crippen LogP contribution < -0.4 is 0 Å². The monoisotopic (exact) mass is 335 g/mol. The van der Waals surface area contributed by atoms with Crippen LogP contribution in [0.4, 0.5) is 0 Å². The summed E-state index contributed by atoms with van der Waals surface area (Å²) in [6.07, 6.45) is 0. The van der Waals surface area contributed by atoms with Gasteiger partial charge < -0.3 is 14.5 Å². The van der Waals surface area contributed by atoms with Gasteiger partial charge in [-0.05, 0) is 25.1 Å². The molecule has 23 heavy (non-hydrogen) atoms. The number of phenols is 1. The van der Waals surface area contributed by atoms with E-state index in [4.69, 9.17) is 16.1 Å². The van der Waals surface area contributed by atoms with Crippen LogP contribution in [-0.2, 0) is 6.54 Å². The molecule has 1 fully saturated rings. The van der Waals surface area contributed by atoms with Crippen LogP contribution in [0.25, 0.3) is 0 Å². The van der Waals surface area contributed by atoms with Crippen LogP contribution in [0, 0.1) is 6.92 Å². The standard InChI is InChI=1S/C16H18ClN3O3/c1-11-8-12(18-23-11)10-19-4-6-20(7-5-19)16(22)14-9-13(21)2-3-15(14)17/h2-3,8-9,21H,4-7,10H2,1H3. The maximum Gasteiger partial charge on any atom is 0.255 e. The van der Waals surface area contributed by atoms with Crippen molar-refractivity contribution in [1.82, 2.24) is 15.0 Å². The SMILES string of the molecule is Cc1cc(CN2CCN(C(=O)c3cc(O)ccc3Cl)CC2)no1. The van der Waals surface area contributed by atoms with Gasteiger partial charge in [0.1, 0.15) is 11.5 Å². The maximum absolute atomic E-state index is 12.5. The smallest absolute Gasteiger partial charge is 0.255 e. The van der Waals surface area contributed by atoms with Gasteiger partial charge in [-0.2, -0.15) is 0 Å². The first-order valence-electron chi connectivity index (χ1n) is 7.45. The number of hydrogen-bond acceptors (Lipinski definition) is 5. The molecular weight excluding hydrogens is 318 g/mol. The van der Waals surface area contributed by atoms with Gasteiger partial charge in [0.05, 0.1) is 16.3 Å². The lowest BCUT2D eigenvalue weighted by molar-refractivity contribution is 0.0625. The van der Waals surface area contributed by atoms with Crippen LogP contribution in [0.2, 0.25) is 5.02 Å². The summed E-state index contributed by atoms with van der Waals surface area (Å²) in [5.41, 5.74) is 1.24. The van der Waals surface area contributed by atoms with Crippen molar-refractivity contribution in [2.45, 2.75) is 13.5 Å². The zero-order chi connectivity index (χ0) is 16.4. The highest BCUT2D eigenvalue weighted by molar-refractivity contribution is 6.33. The molecule has 3 rings (SSSR count). The van der Waals surface area contributed by atoms with Gasteiger partial charge in [-0.3, -0.25) is 9.69 Å². The van der Waals surface area contributed by atoms with E-state index in [-0.39, 0.29) is 11.7 Å². The van der Waals surface area contributed by atoms with E-state index >= 15 is 0 Å². The fourth-order valence-corrected chi connectivity index (χ4v) is 2.88. The van der Waals surface area contributed by atoms with Crippen molar-refractivity contribution in [3.63, 3.8) is 0 Å². The number of carbonyl (C=O) groups excluding carboxylic acids is 1. The lowest BCUT2D eigenvalue weighted by Crippen LogP contribution is -2.48. The number of benzene rings is 1. The van der Waals surface area contributed by atoms with E-state index in [1.54, 1.807) is 4.90 Å². The summed E-state index contributed by atoms with van der Waals surface area (Å²) in [5, 5.41) is 13.9. The summed E-state index contributed by atoms with van der Waals surface area (Å²) in [6.45, 7) is 5.32. The van der Waals surface area contributed by atoms with E-state index in [1.807, 2.05) is 13.0 Å². The number of rotatable bonds is 3. The van der Waals surface area contributed by atoms with Crippen molar-refractivity contribution < 1.29 is 14.4 Å². The van der Waals surface area contributed by atoms with Crippen LogP contribution in [0.3, 0.4) is 0 Å². The molecule has 1 aromatic carbocycles. The lowest BCUT2D eigenvalue weighted by atomic mass is 10.1. The largest absolute Gasteiger partial charge is 0.508 e. The molecule has 122 valence electrons. The average molecular weight is 336 g/mol. The molecule has 2 heterocycles. The Kier molecular flexibility index (Phi) is 4.54. The molecule has 0 atom stereocenters. The van der Waals surface area contributed by atoms with Crippen molar-refractivity contribution in [3.05, 3.63) is 46.3 Å². The number of phenolic OH excluding ortho intramolecular Hbond substituents is 1. The van der Waals surface area contributed by atoms with E-state index < -0.39 is 0 Å². The van der Waals surface area contributed by atoms with Crippen LogP contribution in [-0.4, -0.2) is 52.1 Å². The molecule has 1 aromatic heterocycles. The van der Waals surface area contributed by atoms with E-state index in [1.165, 1.54) is 18.2 Å². The Bertz CT molecular complexity index is 708. The van der Waals surface area contributed by atoms with E-state index in [9.17, 15) is 9.90 Å². The van der Waals surface area contributed by atoms with Gasteiger partial charge in [-0.1, -0.05) is 16.8 Å². The van der Waals surface area contributed by atoms with E-state index in [0.717, 1.165) is 24.5 Å². The first-order valence-corrected chi connectivity index (χ1v) is 7.83. The Hall–Kier alpha value is -2.05. The highest BCUT2D eigenvalue weighted by Crippen LogP contribution is 2.23. The molecule has 0 bridgehead atoms. The molecule has 1 N–H and O–H groups in total. The number of amides is 1. The summed E-state index contributed by atoms with van der Waals surface area (Å²) in [4.78, 5) is 16.5. The third-order valence-corrected chi connectivity index (χ3v) is 4.23. The summed E-state index contributed by atoms with van der Waals surface area (Å²) in [6, 6.07) is 6.34. The molecule has 1 aliphatic heterocycles. The fourth-order valence-electron chi connectivity index (χ4n) is 2.68. The third kappa shape index (κ3) is 3.65. The van der Waals surface area contributed by atoms with E-state index in [2.05, 4.69) is 10.1 Å². The van der Waals surface area contributed by atoms with Gasteiger partial charge in [-0.25, -0.2) is 0 Å². The second-order valence-corrected chi connectivity index (χ2v) is 6.07. The van der Waals surface area contributed by atoms with Crippen molar-refractivity contribution in [1.29, 1.82) is 0 Å². The number of halogens is 1. The molecule has 1 amide bonds. The Morgan fingerprint density at radius 3 is 2.70 bits per heavy atom. The molecular formula is C16H18ClN3O3. The first kappa shape index (κ1) is 15.8. The van der Waals surface area contributed by atoms with Crippen LogP contribution >= 0.6 is 11.6 Å². The Balaban J connectivity index is 1.60. The normalized spacial score (nSPS) is 15.8. The topological polar surface area (TPSA) is 69.8 Å². The van der Waals surface area contributed by atoms with Crippen molar-refractivity contribution in [3.8, 4) is 5.75 Å². The first-order chi connectivity index (χ1) is 11.0. The zero-order valence-electron chi connectivity index (χ0n) is 12.8. The lowest BCUT2D eigenvalue weighted by Gasteiger charge is -2.34. The Labute approximate surface area is 139 Å². The third-order valence-electron chi connectivity index (χ3n) is 3.90. The molecule has 0 unspecified atom stereocenters. The fraction of sp³-hybridized carbons (Fsp3) is 0.375. The quantitative estimate of drug-likeness (QED) is 0.932. The molecule has 0 aliphatic carbocycles. The highest BCUT2D eigenvalue weighted by atomic mass is 35.5. The number of carbonyl (C=O) groups is 1. The molecule has 0 saturated carbocycles. The zero-order valence-corrected chi connectivity index (χ0v) is 13.6. The molecule has 1 saturated heterocycles. The Morgan fingerprint density at radius 2 is 2.04 bits per heavy atom. The van der Waals surface area contributed by atoms with Gasteiger partial charge in [0.25, 0.3) is 5.91 Å². The molecule has 6 nitrogen and oxygen atoms in total. The van der Waals surface area contributed by atoms with Gasteiger partial charge in [0, 0.05) is 38.8 Å². The maximum atomic E-state index is 12.5. The van der Waals surface area contributed by atoms with Crippen LogP contribution in [0.1, 0.15) is 21.8 Å². The predicted molar refractivity (Wildman–Crippen MR) is 85.5 cm³/mol.